The molecule has 0 spiro atoms. The average molecular weight is 350 g/mol. The Morgan fingerprint density at radius 3 is 2.24 bits per heavy atom. The first-order valence-corrected chi connectivity index (χ1v) is 7.26. The lowest BCUT2D eigenvalue weighted by atomic mass is 10.2. The largest absolute Gasteiger partial charge is 0.497 e. The molecule has 2 N–H and O–H groups in total. The van der Waals surface area contributed by atoms with Crippen molar-refractivity contribution in [2.75, 3.05) is 7.11 Å². The highest BCUT2D eigenvalue weighted by molar-refractivity contribution is 5.96. The van der Waals surface area contributed by atoms with Gasteiger partial charge in [-0.1, -0.05) is 0 Å². The molecule has 0 bridgehead atoms. The summed E-state index contributed by atoms with van der Waals surface area (Å²) in [6, 6.07) is 8.81. The molecule has 0 fully saturated rings. The van der Waals surface area contributed by atoms with Gasteiger partial charge in [0.15, 0.2) is 6.10 Å². The van der Waals surface area contributed by atoms with E-state index in [-0.39, 0.29) is 17.1 Å². The van der Waals surface area contributed by atoms with E-state index in [1.54, 1.807) is 0 Å². The van der Waals surface area contributed by atoms with Crippen LogP contribution in [0, 0.1) is 11.6 Å². The number of benzene rings is 2. The lowest BCUT2D eigenvalue weighted by molar-refractivity contribution is -0.128. The molecule has 2 aromatic carbocycles. The van der Waals surface area contributed by atoms with Crippen LogP contribution in [-0.4, -0.2) is 25.0 Å². The molecule has 0 heterocycles. The number of hydrogen-bond donors (Lipinski definition) is 2. The molecule has 0 unspecified atom stereocenters. The Bertz CT molecular complexity index is 766. The van der Waals surface area contributed by atoms with E-state index in [4.69, 9.17) is 9.47 Å². The van der Waals surface area contributed by atoms with Gasteiger partial charge in [-0.05, 0) is 43.3 Å². The molecule has 0 saturated carbocycles. The highest BCUT2D eigenvalue weighted by atomic mass is 19.1. The second kappa shape index (κ2) is 8.09. The number of hydrogen-bond acceptors (Lipinski definition) is 4. The van der Waals surface area contributed by atoms with Crippen LogP contribution in [0.2, 0.25) is 0 Å². The monoisotopic (exact) mass is 350 g/mol. The van der Waals surface area contributed by atoms with Crippen molar-refractivity contribution in [3.05, 3.63) is 59.7 Å². The minimum Gasteiger partial charge on any atom is -0.497 e. The Morgan fingerprint density at radius 1 is 1.00 bits per heavy atom. The molecule has 2 rings (SSSR count). The van der Waals surface area contributed by atoms with Crippen LogP contribution >= 0.6 is 0 Å². The third-order valence-corrected chi connectivity index (χ3v) is 3.22. The minimum atomic E-state index is -0.966. The van der Waals surface area contributed by atoms with Crippen LogP contribution in [0.25, 0.3) is 0 Å². The van der Waals surface area contributed by atoms with Crippen molar-refractivity contribution in [3.8, 4) is 11.5 Å². The molecular formula is C17H16F2N2O4. The number of nitrogens with one attached hydrogen (secondary N) is 2. The zero-order valence-corrected chi connectivity index (χ0v) is 13.5. The molecular weight excluding hydrogens is 334 g/mol. The van der Waals surface area contributed by atoms with Gasteiger partial charge in [-0.3, -0.25) is 20.4 Å². The van der Waals surface area contributed by atoms with Gasteiger partial charge in [0.2, 0.25) is 0 Å². The normalized spacial score (nSPS) is 11.4. The number of hydrazine groups is 1. The van der Waals surface area contributed by atoms with Crippen LogP contribution in [0.4, 0.5) is 8.78 Å². The van der Waals surface area contributed by atoms with Crippen molar-refractivity contribution in [2.45, 2.75) is 13.0 Å². The van der Waals surface area contributed by atoms with Crippen molar-refractivity contribution in [3.63, 3.8) is 0 Å². The Kier molecular flexibility index (Phi) is 5.89. The second-order valence-electron chi connectivity index (χ2n) is 5.00. The number of carbonyl (C=O) groups excluding carboxylic acids is 2. The van der Waals surface area contributed by atoms with E-state index in [0.29, 0.717) is 0 Å². The first-order chi connectivity index (χ1) is 11.9. The van der Waals surface area contributed by atoms with Crippen LogP contribution in [0.15, 0.2) is 42.5 Å². The van der Waals surface area contributed by atoms with Gasteiger partial charge in [0.05, 0.1) is 12.7 Å². The molecule has 2 amide bonds. The highest BCUT2D eigenvalue weighted by Crippen LogP contribution is 2.16. The van der Waals surface area contributed by atoms with Crippen LogP contribution < -0.4 is 20.3 Å². The molecule has 1 atom stereocenters. The summed E-state index contributed by atoms with van der Waals surface area (Å²) in [5.41, 5.74) is 3.97. The minimum absolute atomic E-state index is 0.256. The topological polar surface area (TPSA) is 76.7 Å². The maximum absolute atomic E-state index is 13.8. The molecule has 0 aliphatic rings. The Labute approximate surface area is 142 Å². The van der Waals surface area contributed by atoms with Gasteiger partial charge in [0, 0.05) is 6.07 Å². The van der Waals surface area contributed by atoms with Crippen LogP contribution in [-0.2, 0) is 4.79 Å². The SMILES string of the molecule is COc1ccc(C(=O)NNC(=O)[C@H](C)Oc2ccc(F)cc2)c(F)c1. The number of ether oxygens (including phenoxy) is 2. The summed E-state index contributed by atoms with van der Waals surface area (Å²) in [6.45, 7) is 1.44. The molecule has 0 aromatic heterocycles. The van der Waals surface area contributed by atoms with E-state index in [0.717, 1.165) is 6.07 Å². The maximum Gasteiger partial charge on any atom is 0.279 e. The van der Waals surface area contributed by atoms with Crippen molar-refractivity contribution < 1.29 is 27.8 Å². The summed E-state index contributed by atoms with van der Waals surface area (Å²) in [4.78, 5) is 23.8. The molecule has 0 saturated heterocycles. The third kappa shape index (κ3) is 4.90. The van der Waals surface area contributed by atoms with Crippen molar-refractivity contribution in [2.24, 2.45) is 0 Å². The fraction of sp³-hybridized carbons (Fsp3) is 0.176. The zero-order chi connectivity index (χ0) is 18.4. The maximum atomic E-state index is 13.8. The van der Waals surface area contributed by atoms with Crippen LogP contribution in [0.5, 0.6) is 11.5 Å². The average Bonchev–Trinajstić information content (AvgIpc) is 2.61. The molecule has 8 heteroatoms. The summed E-state index contributed by atoms with van der Waals surface area (Å²) < 4.78 is 36.7. The van der Waals surface area contributed by atoms with E-state index >= 15 is 0 Å². The molecule has 132 valence electrons. The Balaban J connectivity index is 1.90. The molecule has 0 aliphatic carbocycles. The molecule has 0 radical (unpaired) electrons. The van der Waals surface area contributed by atoms with E-state index in [1.165, 1.54) is 50.4 Å². The standard InChI is InChI=1S/C17H16F2N2O4/c1-10(25-12-5-3-11(18)4-6-12)16(22)20-21-17(23)14-8-7-13(24-2)9-15(14)19/h3-10H,1-2H3,(H,20,22)(H,21,23)/t10-/m0/s1. The van der Waals surface area contributed by atoms with E-state index < -0.39 is 29.6 Å². The molecule has 6 nitrogen and oxygen atoms in total. The van der Waals surface area contributed by atoms with Gasteiger partial charge < -0.3 is 9.47 Å². The summed E-state index contributed by atoms with van der Waals surface area (Å²) in [5.74, 6) is -2.16. The fourth-order valence-corrected chi connectivity index (χ4v) is 1.87. The van der Waals surface area contributed by atoms with E-state index in [1.807, 2.05) is 0 Å². The van der Waals surface area contributed by atoms with Gasteiger partial charge in [0.1, 0.15) is 23.1 Å². The zero-order valence-electron chi connectivity index (χ0n) is 13.5. The quantitative estimate of drug-likeness (QED) is 0.811. The Hall–Kier alpha value is -3.16. The van der Waals surface area contributed by atoms with Gasteiger partial charge in [-0.15, -0.1) is 0 Å². The van der Waals surface area contributed by atoms with Crippen LogP contribution in [0.1, 0.15) is 17.3 Å². The first-order valence-electron chi connectivity index (χ1n) is 7.26. The van der Waals surface area contributed by atoms with Crippen LogP contribution in [0.3, 0.4) is 0 Å². The molecule has 25 heavy (non-hydrogen) atoms. The lowest BCUT2D eigenvalue weighted by Gasteiger charge is -2.15. The van der Waals surface area contributed by atoms with Gasteiger partial charge in [-0.2, -0.15) is 0 Å². The smallest absolute Gasteiger partial charge is 0.279 e. The number of halogens is 2. The first kappa shape index (κ1) is 18.2. The summed E-state index contributed by atoms with van der Waals surface area (Å²) >= 11 is 0. The van der Waals surface area contributed by atoms with Gasteiger partial charge in [0.25, 0.3) is 11.8 Å². The lowest BCUT2D eigenvalue weighted by Crippen LogP contribution is -2.47. The Morgan fingerprint density at radius 2 is 1.64 bits per heavy atom. The van der Waals surface area contributed by atoms with Gasteiger partial charge in [-0.25, -0.2) is 8.78 Å². The molecule has 0 aliphatic heterocycles. The number of methoxy groups -OCH3 is 1. The highest BCUT2D eigenvalue weighted by Gasteiger charge is 2.17. The fourth-order valence-electron chi connectivity index (χ4n) is 1.87. The number of carbonyl (C=O) groups is 2. The second-order valence-corrected chi connectivity index (χ2v) is 5.00. The van der Waals surface area contributed by atoms with Crippen molar-refractivity contribution in [1.82, 2.24) is 10.9 Å². The summed E-state index contributed by atoms with van der Waals surface area (Å²) in [6.07, 6.45) is -0.966. The summed E-state index contributed by atoms with van der Waals surface area (Å²) in [7, 11) is 1.37. The number of amides is 2. The number of rotatable bonds is 5. The van der Waals surface area contributed by atoms with Crippen molar-refractivity contribution >= 4 is 11.8 Å². The van der Waals surface area contributed by atoms with Crippen molar-refractivity contribution in [1.29, 1.82) is 0 Å². The third-order valence-electron chi connectivity index (χ3n) is 3.22. The van der Waals surface area contributed by atoms with E-state index in [2.05, 4.69) is 10.9 Å². The predicted octanol–water partition coefficient (Wildman–Crippen LogP) is 2.20. The van der Waals surface area contributed by atoms with Gasteiger partial charge >= 0.3 is 0 Å². The predicted molar refractivity (Wildman–Crippen MR) is 85.1 cm³/mol. The summed E-state index contributed by atoms with van der Waals surface area (Å²) in [5, 5.41) is 0. The molecule has 2 aromatic rings. The van der Waals surface area contributed by atoms with E-state index in [9.17, 15) is 18.4 Å².